The van der Waals surface area contributed by atoms with Crippen LogP contribution in [0.4, 0.5) is 4.79 Å². The van der Waals surface area contributed by atoms with Crippen LogP contribution in [0.15, 0.2) is 24.3 Å². The number of ether oxygens (including phenoxy) is 1. The summed E-state index contributed by atoms with van der Waals surface area (Å²) in [5.74, 6) is 0.935. The first-order chi connectivity index (χ1) is 9.67. The average molecular weight is 329 g/mol. The maximum Gasteiger partial charge on any atom is 0.413 e. The molecule has 6 heteroatoms. The molecule has 0 aliphatic carbocycles. The Labute approximate surface area is 132 Å². The standard InChI is InChI=1S/C15H23NO3S2/c1-11(2)12-7-6-8-13(9-12)19-14(17)16-10-21(18)20-15(3,4)5/h6-9,11H,10H2,1-5H3,(H,16,17). The summed E-state index contributed by atoms with van der Waals surface area (Å²) in [7, 11) is 0.138. The number of carbonyl (C=O) groups is 1. The van der Waals surface area contributed by atoms with E-state index < -0.39 is 15.9 Å². The summed E-state index contributed by atoms with van der Waals surface area (Å²) >= 11 is 0. The molecular weight excluding hydrogens is 306 g/mol. The molecule has 1 aromatic rings. The minimum absolute atomic E-state index is 0.0740. The number of hydrogen-bond acceptors (Lipinski definition) is 4. The quantitative estimate of drug-likeness (QED) is 0.828. The molecule has 1 N–H and O–H groups in total. The number of amides is 1. The highest BCUT2D eigenvalue weighted by Gasteiger charge is 2.16. The third-order valence-electron chi connectivity index (χ3n) is 2.41. The molecule has 118 valence electrons. The van der Waals surface area contributed by atoms with Gasteiger partial charge in [-0.15, -0.1) is 0 Å². The van der Waals surface area contributed by atoms with Crippen molar-refractivity contribution >= 4 is 26.7 Å². The van der Waals surface area contributed by atoms with E-state index in [4.69, 9.17) is 4.74 Å². The molecule has 0 heterocycles. The van der Waals surface area contributed by atoms with Gasteiger partial charge in [0.2, 0.25) is 0 Å². The minimum atomic E-state index is -1.18. The third-order valence-corrected chi connectivity index (χ3v) is 5.89. The molecule has 1 aromatic carbocycles. The Kier molecular flexibility index (Phi) is 6.74. The molecule has 4 nitrogen and oxygen atoms in total. The summed E-state index contributed by atoms with van der Waals surface area (Å²) in [5, 5.41) is 2.52. The lowest BCUT2D eigenvalue weighted by Crippen LogP contribution is -2.30. The third kappa shape index (κ3) is 7.52. The van der Waals surface area contributed by atoms with Crippen molar-refractivity contribution in [3.05, 3.63) is 29.8 Å². The van der Waals surface area contributed by atoms with E-state index in [1.54, 1.807) is 6.07 Å². The number of nitrogens with one attached hydrogen (secondary N) is 1. The van der Waals surface area contributed by atoms with Crippen LogP contribution in [0.1, 0.15) is 46.1 Å². The first-order valence-electron chi connectivity index (χ1n) is 6.81. The Morgan fingerprint density at radius 2 is 2.05 bits per heavy atom. The summed E-state index contributed by atoms with van der Waals surface area (Å²) < 4.78 is 16.8. The lowest BCUT2D eigenvalue weighted by molar-refractivity contribution is 0.202. The fraction of sp³-hybridized carbons (Fsp3) is 0.533. The maximum absolute atomic E-state index is 11.8. The molecule has 0 aromatic heterocycles. The zero-order chi connectivity index (χ0) is 16.0. The predicted molar refractivity (Wildman–Crippen MR) is 90.0 cm³/mol. The molecule has 0 spiro atoms. The first-order valence-corrected chi connectivity index (χ1v) is 9.46. The average Bonchev–Trinajstić information content (AvgIpc) is 2.34. The van der Waals surface area contributed by atoms with Gasteiger partial charge in [-0.1, -0.05) is 57.5 Å². The van der Waals surface area contributed by atoms with Gasteiger partial charge in [-0.3, -0.25) is 0 Å². The zero-order valence-electron chi connectivity index (χ0n) is 13.1. The van der Waals surface area contributed by atoms with Crippen molar-refractivity contribution in [2.24, 2.45) is 0 Å². The van der Waals surface area contributed by atoms with Crippen LogP contribution in [0.5, 0.6) is 5.75 Å². The van der Waals surface area contributed by atoms with Crippen LogP contribution < -0.4 is 10.1 Å². The largest absolute Gasteiger partial charge is 0.413 e. The van der Waals surface area contributed by atoms with E-state index >= 15 is 0 Å². The van der Waals surface area contributed by atoms with Gasteiger partial charge in [-0.25, -0.2) is 9.00 Å². The van der Waals surface area contributed by atoms with Crippen molar-refractivity contribution in [2.75, 3.05) is 5.88 Å². The summed E-state index contributed by atoms with van der Waals surface area (Å²) in [5.41, 5.74) is 1.10. The summed E-state index contributed by atoms with van der Waals surface area (Å²) in [6.45, 7) is 10.1. The van der Waals surface area contributed by atoms with Crippen LogP contribution in [0.25, 0.3) is 0 Å². The Morgan fingerprint density at radius 1 is 1.38 bits per heavy atom. The molecule has 21 heavy (non-hydrogen) atoms. The summed E-state index contributed by atoms with van der Waals surface area (Å²) in [6, 6.07) is 7.41. The fourth-order valence-corrected chi connectivity index (χ4v) is 4.39. The van der Waals surface area contributed by atoms with E-state index in [2.05, 4.69) is 19.2 Å². The highest BCUT2D eigenvalue weighted by molar-refractivity contribution is 8.69. The van der Waals surface area contributed by atoms with Gasteiger partial charge in [0.15, 0.2) is 0 Å². The Balaban J connectivity index is 2.47. The van der Waals surface area contributed by atoms with E-state index in [1.165, 1.54) is 10.8 Å². The van der Waals surface area contributed by atoms with E-state index in [0.29, 0.717) is 11.7 Å². The SMILES string of the molecule is CC(C)c1cccc(OC(=O)NCS(=O)SC(C)(C)C)c1. The Bertz CT molecular complexity index is 510. The maximum atomic E-state index is 11.8. The zero-order valence-corrected chi connectivity index (χ0v) is 14.8. The molecule has 0 fully saturated rings. The van der Waals surface area contributed by atoms with Gasteiger partial charge in [-0.2, -0.15) is 0 Å². The monoisotopic (exact) mass is 329 g/mol. The molecule has 0 saturated carbocycles. The molecule has 0 aliphatic heterocycles. The highest BCUT2D eigenvalue weighted by atomic mass is 33.1. The van der Waals surface area contributed by atoms with Crippen LogP contribution in [0.2, 0.25) is 0 Å². The fourth-order valence-electron chi connectivity index (χ4n) is 1.51. The van der Waals surface area contributed by atoms with Crippen molar-refractivity contribution in [2.45, 2.75) is 45.3 Å². The molecule has 1 atom stereocenters. The van der Waals surface area contributed by atoms with Crippen LogP contribution in [-0.4, -0.2) is 20.9 Å². The molecule has 1 amide bonds. The Hall–Kier alpha value is -1.01. The van der Waals surface area contributed by atoms with E-state index in [9.17, 15) is 9.00 Å². The van der Waals surface area contributed by atoms with E-state index in [0.717, 1.165) is 5.56 Å². The van der Waals surface area contributed by atoms with Gasteiger partial charge in [0.05, 0.1) is 0 Å². The smallest absolute Gasteiger partial charge is 0.410 e. The second kappa shape index (κ2) is 7.84. The van der Waals surface area contributed by atoms with Gasteiger partial charge in [-0.05, 0) is 23.6 Å². The normalized spacial score (nSPS) is 13.0. The summed E-state index contributed by atoms with van der Waals surface area (Å²) in [4.78, 5) is 11.7. The van der Waals surface area contributed by atoms with Crippen LogP contribution in [0, 0.1) is 0 Å². The van der Waals surface area contributed by atoms with Gasteiger partial charge in [0, 0.05) is 4.75 Å². The van der Waals surface area contributed by atoms with Crippen molar-refractivity contribution in [1.82, 2.24) is 5.32 Å². The lowest BCUT2D eigenvalue weighted by Gasteiger charge is -2.16. The number of rotatable bonds is 5. The second-order valence-electron chi connectivity index (χ2n) is 5.94. The highest BCUT2D eigenvalue weighted by Crippen LogP contribution is 2.26. The van der Waals surface area contributed by atoms with E-state index in [-0.39, 0.29) is 10.6 Å². The lowest BCUT2D eigenvalue weighted by atomic mass is 10.0. The molecular formula is C15H23NO3S2. The molecule has 0 radical (unpaired) electrons. The van der Waals surface area contributed by atoms with E-state index in [1.807, 2.05) is 39.0 Å². The topological polar surface area (TPSA) is 55.4 Å². The Morgan fingerprint density at radius 3 is 2.62 bits per heavy atom. The number of hydrogen-bond donors (Lipinski definition) is 1. The van der Waals surface area contributed by atoms with Gasteiger partial charge in [0.1, 0.15) is 21.5 Å². The molecule has 0 bridgehead atoms. The number of benzene rings is 1. The van der Waals surface area contributed by atoms with Crippen LogP contribution >= 0.6 is 10.8 Å². The van der Waals surface area contributed by atoms with Gasteiger partial charge >= 0.3 is 6.09 Å². The molecule has 0 saturated heterocycles. The van der Waals surface area contributed by atoms with Crippen LogP contribution in [-0.2, 0) is 9.83 Å². The van der Waals surface area contributed by atoms with Crippen molar-refractivity contribution in [1.29, 1.82) is 0 Å². The first kappa shape index (κ1) is 18.0. The second-order valence-corrected chi connectivity index (χ2v) is 9.84. The molecule has 1 unspecified atom stereocenters. The van der Waals surface area contributed by atoms with Crippen molar-refractivity contribution in [3.8, 4) is 5.75 Å². The number of carbonyl (C=O) groups excluding carboxylic acids is 1. The van der Waals surface area contributed by atoms with Crippen molar-refractivity contribution < 1.29 is 13.7 Å². The minimum Gasteiger partial charge on any atom is -0.410 e. The molecule has 0 aliphatic rings. The van der Waals surface area contributed by atoms with Crippen LogP contribution in [0.3, 0.4) is 0 Å². The van der Waals surface area contributed by atoms with Crippen molar-refractivity contribution in [3.63, 3.8) is 0 Å². The molecule has 1 rings (SSSR count). The predicted octanol–water partition coefficient (Wildman–Crippen LogP) is 4.05. The van der Waals surface area contributed by atoms with Gasteiger partial charge < -0.3 is 10.1 Å². The van der Waals surface area contributed by atoms with Gasteiger partial charge in [0.25, 0.3) is 0 Å². The summed E-state index contributed by atoms with van der Waals surface area (Å²) in [6.07, 6.45) is -0.584.